The summed E-state index contributed by atoms with van der Waals surface area (Å²) in [5, 5.41) is 0.635. The second-order valence-electron chi connectivity index (χ2n) is 6.60. The summed E-state index contributed by atoms with van der Waals surface area (Å²) < 4.78 is 10.4. The Bertz CT molecular complexity index is 955. The molecule has 2 amide bonds. The van der Waals surface area contributed by atoms with Crippen molar-refractivity contribution in [3.05, 3.63) is 69.8 Å². The Morgan fingerprint density at radius 3 is 2.13 bits per heavy atom. The van der Waals surface area contributed by atoms with Crippen LogP contribution < -0.4 is 4.90 Å². The number of hydrogen-bond donors (Lipinski definition) is 0. The molecule has 0 saturated heterocycles. The zero-order valence-corrected chi connectivity index (χ0v) is 18.2. The van der Waals surface area contributed by atoms with Gasteiger partial charge in [0.2, 0.25) is 0 Å². The van der Waals surface area contributed by atoms with Crippen molar-refractivity contribution in [2.75, 3.05) is 45.4 Å². The molecule has 6 nitrogen and oxygen atoms in total. The third-order valence-corrected chi connectivity index (χ3v) is 5.27. The van der Waals surface area contributed by atoms with Gasteiger partial charge in [0.25, 0.3) is 11.8 Å². The maximum Gasteiger partial charge on any atom is 0.282 e. The summed E-state index contributed by atoms with van der Waals surface area (Å²) in [5.41, 5.74) is 1.49. The lowest BCUT2D eigenvalue weighted by molar-refractivity contribution is -0.120. The molecule has 0 saturated carbocycles. The second kappa shape index (κ2) is 10.1. The van der Waals surface area contributed by atoms with E-state index in [1.807, 2.05) is 23.1 Å². The second-order valence-corrected chi connectivity index (χ2v) is 7.45. The molecule has 158 valence electrons. The highest BCUT2D eigenvalue weighted by Gasteiger charge is 2.43. The number of carbonyl (C=O) groups excluding carboxylic acids is 2. The van der Waals surface area contributed by atoms with Crippen molar-refractivity contribution in [2.45, 2.75) is 0 Å². The van der Waals surface area contributed by atoms with Crippen LogP contribution in [0.3, 0.4) is 0 Å². The van der Waals surface area contributed by atoms with Gasteiger partial charge >= 0.3 is 0 Å². The van der Waals surface area contributed by atoms with E-state index in [0.717, 1.165) is 4.90 Å². The third-order valence-electron chi connectivity index (χ3n) is 4.72. The minimum atomic E-state index is -0.463. The van der Waals surface area contributed by atoms with Gasteiger partial charge in [-0.1, -0.05) is 53.5 Å². The summed E-state index contributed by atoms with van der Waals surface area (Å²) in [7, 11) is 3.17. The first-order valence-corrected chi connectivity index (χ1v) is 10.1. The van der Waals surface area contributed by atoms with Crippen molar-refractivity contribution < 1.29 is 19.1 Å². The van der Waals surface area contributed by atoms with Gasteiger partial charge in [0.05, 0.1) is 29.5 Å². The van der Waals surface area contributed by atoms with Gasteiger partial charge < -0.3 is 14.4 Å². The zero-order chi connectivity index (χ0) is 21.7. The summed E-state index contributed by atoms with van der Waals surface area (Å²) in [5.74, 6) is -0.916. The van der Waals surface area contributed by atoms with Crippen molar-refractivity contribution in [3.63, 3.8) is 0 Å². The number of imide groups is 1. The molecule has 1 heterocycles. The van der Waals surface area contributed by atoms with Gasteiger partial charge in [0.1, 0.15) is 5.70 Å². The molecule has 0 aromatic heterocycles. The van der Waals surface area contributed by atoms with E-state index in [9.17, 15) is 9.59 Å². The van der Waals surface area contributed by atoms with Crippen LogP contribution in [0.1, 0.15) is 5.56 Å². The summed E-state index contributed by atoms with van der Waals surface area (Å²) in [6.07, 6.45) is 0. The molecule has 8 heteroatoms. The molecular formula is C22H22Cl2N2O4. The van der Waals surface area contributed by atoms with Crippen LogP contribution in [-0.4, -0.2) is 57.2 Å². The van der Waals surface area contributed by atoms with Crippen molar-refractivity contribution in [1.29, 1.82) is 0 Å². The van der Waals surface area contributed by atoms with E-state index in [4.69, 9.17) is 32.7 Å². The highest BCUT2D eigenvalue weighted by molar-refractivity contribution is 6.47. The molecule has 0 bridgehead atoms. The Hall–Kier alpha value is -2.38. The number of ether oxygens (including phenoxy) is 2. The summed E-state index contributed by atoms with van der Waals surface area (Å²) in [4.78, 5) is 29.9. The molecule has 2 aromatic rings. The Morgan fingerprint density at radius 1 is 0.900 bits per heavy atom. The normalized spacial score (nSPS) is 14.1. The van der Waals surface area contributed by atoms with Crippen LogP contribution in [0.15, 0.2) is 54.2 Å². The number of halogens is 2. The van der Waals surface area contributed by atoms with E-state index in [1.54, 1.807) is 38.5 Å². The van der Waals surface area contributed by atoms with E-state index < -0.39 is 11.8 Å². The highest BCUT2D eigenvalue weighted by atomic mass is 35.5. The first-order valence-electron chi connectivity index (χ1n) is 9.36. The molecule has 0 atom stereocenters. The Labute approximate surface area is 185 Å². The van der Waals surface area contributed by atoms with Crippen LogP contribution in [0, 0.1) is 0 Å². The zero-order valence-electron chi connectivity index (χ0n) is 16.7. The number of hydrogen-bond acceptors (Lipinski definition) is 5. The van der Waals surface area contributed by atoms with Gasteiger partial charge in [0, 0.05) is 32.3 Å². The molecule has 3 rings (SSSR count). The lowest BCUT2D eigenvalue weighted by atomic mass is 10.0. The molecule has 0 aliphatic carbocycles. The number of rotatable bonds is 9. The molecule has 0 unspecified atom stereocenters. The Morgan fingerprint density at radius 2 is 1.53 bits per heavy atom. The summed E-state index contributed by atoms with van der Waals surface area (Å²) >= 11 is 12.4. The van der Waals surface area contributed by atoms with Crippen LogP contribution >= 0.6 is 23.2 Å². The predicted molar refractivity (Wildman–Crippen MR) is 118 cm³/mol. The number of nitrogens with zero attached hydrogens (tertiary/aromatic N) is 2. The van der Waals surface area contributed by atoms with Crippen molar-refractivity contribution >= 4 is 46.3 Å². The smallest absolute Gasteiger partial charge is 0.282 e. The maximum absolute atomic E-state index is 13.6. The number of methoxy groups -OCH3 is 2. The molecule has 0 spiro atoms. The monoisotopic (exact) mass is 448 g/mol. The number of benzene rings is 2. The molecule has 1 aliphatic rings. The van der Waals surface area contributed by atoms with E-state index in [0.29, 0.717) is 42.5 Å². The largest absolute Gasteiger partial charge is 0.383 e. The standard InChI is InChI=1S/C22H22Cl2N2O4/c1-29-12-10-25(11-13-30-2)20-19(15-6-4-3-5-7-15)21(27)26(22(20)28)18-14-16(23)8-9-17(18)24/h3-9,14H,10-13H2,1-2H3. The van der Waals surface area contributed by atoms with Crippen LogP contribution in [0.5, 0.6) is 0 Å². The number of amides is 2. The maximum atomic E-state index is 13.6. The molecule has 0 radical (unpaired) electrons. The van der Waals surface area contributed by atoms with Gasteiger partial charge in [-0.05, 0) is 23.8 Å². The Kier molecular flexibility index (Phi) is 7.50. The predicted octanol–water partition coefficient (Wildman–Crippen LogP) is 3.87. The lowest BCUT2D eigenvalue weighted by Gasteiger charge is -2.25. The molecule has 2 aromatic carbocycles. The fourth-order valence-corrected chi connectivity index (χ4v) is 3.66. The first-order chi connectivity index (χ1) is 14.5. The molecule has 0 N–H and O–H groups in total. The topological polar surface area (TPSA) is 59.1 Å². The fourth-order valence-electron chi connectivity index (χ4n) is 3.29. The highest BCUT2D eigenvalue weighted by Crippen LogP contribution is 2.38. The van der Waals surface area contributed by atoms with Crippen molar-refractivity contribution in [1.82, 2.24) is 4.90 Å². The van der Waals surface area contributed by atoms with Gasteiger partial charge in [-0.15, -0.1) is 0 Å². The lowest BCUT2D eigenvalue weighted by Crippen LogP contribution is -2.37. The van der Waals surface area contributed by atoms with E-state index in [2.05, 4.69) is 0 Å². The minimum absolute atomic E-state index is 0.251. The van der Waals surface area contributed by atoms with Crippen LogP contribution in [-0.2, 0) is 19.1 Å². The van der Waals surface area contributed by atoms with Gasteiger partial charge in [-0.25, -0.2) is 4.90 Å². The van der Waals surface area contributed by atoms with Crippen LogP contribution in [0.4, 0.5) is 5.69 Å². The first kappa shape index (κ1) is 22.3. The molecular weight excluding hydrogens is 427 g/mol. The van der Waals surface area contributed by atoms with Gasteiger partial charge in [0.15, 0.2) is 0 Å². The van der Waals surface area contributed by atoms with Crippen molar-refractivity contribution in [2.24, 2.45) is 0 Å². The SMILES string of the molecule is COCCN(CCOC)C1=C(c2ccccc2)C(=O)N(c2cc(Cl)ccc2Cl)C1=O. The average Bonchev–Trinajstić information content (AvgIpc) is 3.01. The Balaban J connectivity index is 2.14. The third kappa shape index (κ3) is 4.52. The van der Waals surface area contributed by atoms with Gasteiger partial charge in [-0.2, -0.15) is 0 Å². The van der Waals surface area contributed by atoms with Crippen LogP contribution in [0.25, 0.3) is 5.57 Å². The van der Waals surface area contributed by atoms with Gasteiger partial charge in [-0.3, -0.25) is 9.59 Å². The number of carbonyl (C=O) groups is 2. The average molecular weight is 449 g/mol. The minimum Gasteiger partial charge on any atom is -0.383 e. The van der Waals surface area contributed by atoms with E-state index >= 15 is 0 Å². The van der Waals surface area contributed by atoms with Crippen molar-refractivity contribution in [3.8, 4) is 0 Å². The van der Waals surface area contributed by atoms with Crippen LogP contribution in [0.2, 0.25) is 10.0 Å². The molecule has 0 fully saturated rings. The summed E-state index contributed by atoms with van der Waals surface area (Å²) in [6, 6.07) is 13.8. The molecule has 1 aliphatic heterocycles. The van der Waals surface area contributed by atoms with E-state index in [-0.39, 0.29) is 16.4 Å². The van der Waals surface area contributed by atoms with E-state index in [1.165, 1.54) is 6.07 Å². The number of anilines is 1. The quantitative estimate of drug-likeness (QED) is 0.544. The molecule has 30 heavy (non-hydrogen) atoms. The fraction of sp³-hybridized carbons (Fsp3) is 0.273. The summed E-state index contributed by atoms with van der Waals surface area (Å²) in [6.45, 7) is 1.60.